The third kappa shape index (κ3) is 2.31. The van der Waals surface area contributed by atoms with E-state index in [2.05, 4.69) is 16.4 Å². The van der Waals surface area contributed by atoms with Crippen molar-refractivity contribution in [3.63, 3.8) is 0 Å². The molecule has 1 saturated carbocycles. The zero-order valence-electron chi connectivity index (χ0n) is 9.31. The van der Waals surface area contributed by atoms with Crippen LogP contribution >= 0.6 is 0 Å². The highest BCUT2D eigenvalue weighted by Crippen LogP contribution is 2.31. The van der Waals surface area contributed by atoms with E-state index in [0.29, 0.717) is 17.2 Å². The summed E-state index contributed by atoms with van der Waals surface area (Å²) in [6.07, 6.45) is 5.58. The van der Waals surface area contributed by atoms with Crippen LogP contribution in [0.1, 0.15) is 18.4 Å². The quantitative estimate of drug-likeness (QED) is 0.826. The van der Waals surface area contributed by atoms with Crippen molar-refractivity contribution in [2.24, 2.45) is 5.92 Å². The first kappa shape index (κ1) is 10.9. The largest absolute Gasteiger partial charge is 0.487 e. The van der Waals surface area contributed by atoms with Gasteiger partial charge in [-0.1, -0.05) is 0 Å². The Balaban J connectivity index is 1.89. The van der Waals surface area contributed by atoms with E-state index in [1.54, 1.807) is 18.5 Å². The molecule has 1 heterocycles. The molecule has 0 unspecified atom stereocenters. The van der Waals surface area contributed by atoms with Crippen LogP contribution in [0.5, 0.6) is 5.75 Å². The number of nitrogens with zero attached hydrogens (tertiary/aromatic N) is 2. The molecule has 1 aromatic heterocycles. The van der Waals surface area contributed by atoms with Gasteiger partial charge >= 0.3 is 0 Å². The van der Waals surface area contributed by atoms with Gasteiger partial charge in [-0.25, -0.2) is 0 Å². The average molecular weight is 217 g/mol. The summed E-state index contributed by atoms with van der Waals surface area (Å²) in [7, 11) is 1.96. The number of nitriles is 1. The zero-order valence-corrected chi connectivity index (χ0v) is 9.31. The Morgan fingerprint density at radius 3 is 3.12 bits per heavy atom. The predicted octanol–water partition coefficient (Wildman–Crippen LogP) is 1.33. The summed E-state index contributed by atoms with van der Waals surface area (Å²) in [5.41, 5.74) is 0.562. The van der Waals surface area contributed by atoms with Crippen LogP contribution in [0.3, 0.4) is 0 Å². The molecule has 0 radical (unpaired) electrons. The van der Waals surface area contributed by atoms with E-state index in [1.165, 1.54) is 0 Å². The number of hydrogen-bond acceptors (Lipinski definition) is 4. The monoisotopic (exact) mass is 217 g/mol. The Morgan fingerprint density at radius 2 is 2.44 bits per heavy atom. The average Bonchev–Trinajstić information content (AvgIpc) is 2.27. The summed E-state index contributed by atoms with van der Waals surface area (Å²) in [5, 5.41) is 12.0. The highest BCUT2D eigenvalue weighted by molar-refractivity contribution is 5.40. The molecule has 2 rings (SSSR count). The zero-order chi connectivity index (χ0) is 11.4. The summed E-state index contributed by atoms with van der Waals surface area (Å²) in [6.45, 7) is 1.04. The Bertz CT molecular complexity index is 393. The molecule has 1 N–H and O–H groups in total. The second-order valence-electron chi connectivity index (χ2n) is 4.12. The summed E-state index contributed by atoms with van der Waals surface area (Å²) < 4.78 is 5.74. The summed E-state index contributed by atoms with van der Waals surface area (Å²) >= 11 is 0. The second-order valence-corrected chi connectivity index (χ2v) is 4.12. The molecule has 0 aliphatic heterocycles. The molecule has 0 saturated heterocycles. The van der Waals surface area contributed by atoms with Crippen molar-refractivity contribution in [1.29, 1.82) is 5.26 Å². The third-order valence-corrected chi connectivity index (χ3v) is 2.88. The van der Waals surface area contributed by atoms with Crippen LogP contribution in [-0.4, -0.2) is 24.7 Å². The molecule has 0 amide bonds. The molecule has 0 atom stereocenters. The van der Waals surface area contributed by atoms with Crippen LogP contribution in [0.2, 0.25) is 0 Å². The van der Waals surface area contributed by atoms with E-state index in [1.807, 2.05) is 7.05 Å². The van der Waals surface area contributed by atoms with Crippen LogP contribution in [0, 0.1) is 17.2 Å². The van der Waals surface area contributed by atoms with Gasteiger partial charge in [-0.2, -0.15) is 5.26 Å². The van der Waals surface area contributed by atoms with Gasteiger partial charge in [-0.05, 0) is 38.4 Å². The van der Waals surface area contributed by atoms with Gasteiger partial charge in [0.25, 0.3) is 0 Å². The molecule has 84 valence electrons. The standard InChI is InChI=1S/C12H15N3O/c1-14-7-9-4-11(5-9)16-12-8-15-3-2-10(12)6-13/h2-3,8-9,11,14H,4-5,7H2,1H3. The normalized spacial score (nSPS) is 23.2. The van der Waals surface area contributed by atoms with Gasteiger partial charge < -0.3 is 10.1 Å². The van der Waals surface area contributed by atoms with Gasteiger partial charge in [0, 0.05) is 6.20 Å². The van der Waals surface area contributed by atoms with Crippen molar-refractivity contribution < 1.29 is 4.74 Å². The molecule has 0 bridgehead atoms. The number of rotatable bonds is 4. The van der Waals surface area contributed by atoms with Gasteiger partial charge in [0.1, 0.15) is 6.07 Å². The van der Waals surface area contributed by atoms with E-state index in [-0.39, 0.29) is 6.10 Å². The number of aromatic nitrogens is 1. The minimum Gasteiger partial charge on any atom is -0.487 e. The minimum atomic E-state index is 0.245. The van der Waals surface area contributed by atoms with Crippen LogP contribution in [-0.2, 0) is 0 Å². The molecule has 1 aliphatic carbocycles. The van der Waals surface area contributed by atoms with Crippen molar-refractivity contribution in [1.82, 2.24) is 10.3 Å². The first-order chi connectivity index (χ1) is 7.83. The lowest BCUT2D eigenvalue weighted by Gasteiger charge is -2.35. The van der Waals surface area contributed by atoms with E-state index in [4.69, 9.17) is 10.00 Å². The van der Waals surface area contributed by atoms with Crippen LogP contribution in [0.4, 0.5) is 0 Å². The Hall–Kier alpha value is -1.60. The lowest BCUT2D eigenvalue weighted by Crippen LogP contribution is -2.38. The fourth-order valence-corrected chi connectivity index (χ4v) is 1.97. The third-order valence-electron chi connectivity index (χ3n) is 2.88. The fourth-order valence-electron chi connectivity index (χ4n) is 1.97. The number of hydrogen-bond donors (Lipinski definition) is 1. The molecule has 1 aliphatic rings. The summed E-state index contributed by atoms with van der Waals surface area (Å²) in [6, 6.07) is 3.79. The molecular weight excluding hydrogens is 202 g/mol. The van der Waals surface area contributed by atoms with E-state index < -0.39 is 0 Å². The molecule has 0 aromatic carbocycles. The SMILES string of the molecule is CNCC1CC(Oc2cnccc2C#N)C1. The maximum Gasteiger partial charge on any atom is 0.155 e. The summed E-state index contributed by atoms with van der Waals surface area (Å²) in [4.78, 5) is 3.97. The Kier molecular flexibility index (Phi) is 3.37. The Morgan fingerprint density at radius 1 is 1.62 bits per heavy atom. The lowest BCUT2D eigenvalue weighted by molar-refractivity contribution is 0.0651. The molecule has 4 heteroatoms. The highest BCUT2D eigenvalue weighted by Gasteiger charge is 2.30. The topological polar surface area (TPSA) is 57.9 Å². The first-order valence-corrected chi connectivity index (χ1v) is 5.49. The van der Waals surface area contributed by atoms with Gasteiger partial charge in [-0.15, -0.1) is 0 Å². The number of ether oxygens (including phenoxy) is 1. The van der Waals surface area contributed by atoms with Crippen LogP contribution in [0.25, 0.3) is 0 Å². The van der Waals surface area contributed by atoms with Crippen LogP contribution < -0.4 is 10.1 Å². The predicted molar refractivity (Wildman–Crippen MR) is 60.0 cm³/mol. The summed E-state index contributed by atoms with van der Waals surface area (Å²) in [5.74, 6) is 1.31. The van der Waals surface area contributed by atoms with E-state index in [9.17, 15) is 0 Å². The van der Waals surface area contributed by atoms with Crippen molar-refractivity contribution in [2.45, 2.75) is 18.9 Å². The Labute approximate surface area is 95.3 Å². The van der Waals surface area contributed by atoms with Crippen molar-refractivity contribution in [3.8, 4) is 11.8 Å². The van der Waals surface area contributed by atoms with Gasteiger partial charge in [0.2, 0.25) is 0 Å². The maximum absolute atomic E-state index is 8.89. The highest BCUT2D eigenvalue weighted by atomic mass is 16.5. The molecule has 1 fully saturated rings. The van der Waals surface area contributed by atoms with Crippen molar-refractivity contribution >= 4 is 0 Å². The van der Waals surface area contributed by atoms with Gasteiger partial charge in [-0.3, -0.25) is 4.98 Å². The van der Waals surface area contributed by atoms with Gasteiger partial charge in [0.15, 0.2) is 5.75 Å². The number of nitrogens with one attached hydrogen (secondary N) is 1. The minimum absolute atomic E-state index is 0.245. The molecule has 1 aromatic rings. The van der Waals surface area contributed by atoms with E-state index >= 15 is 0 Å². The fraction of sp³-hybridized carbons (Fsp3) is 0.500. The second kappa shape index (κ2) is 4.95. The first-order valence-electron chi connectivity index (χ1n) is 5.49. The smallest absolute Gasteiger partial charge is 0.155 e. The molecule has 4 nitrogen and oxygen atoms in total. The molecular formula is C12H15N3O. The lowest BCUT2D eigenvalue weighted by atomic mass is 9.82. The number of pyridine rings is 1. The van der Waals surface area contributed by atoms with Crippen molar-refractivity contribution in [3.05, 3.63) is 24.0 Å². The molecule has 0 spiro atoms. The maximum atomic E-state index is 8.89. The van der Waals surface area contributed by atoms with E-state index in [0.717, 1.165) is 19.4 Å². The molecule has 16 heavy (non-hydrogen) atoms. The van der Waals surface area contributed by atoms with Gasteiger partial charge in [0.05, 0.1) is 17.9 Å². The van der Waals surface area contributed by atoms with Crippen LogP contribution in [0.15, 0.2) is 18.5 Å². The van der Waals surface area contributed by atoms with Crippen molar-refractivity contribution in [2.75, 3.05) is 13.6 Å².